The van der Waals surface area contributed by atoms with Crippen molar-refractivity contribution >= 4 is 22.9 Å². The summed E-state index contributed by atoms with van der Waals surface area (Å²) in [5.74, 6) is 0.888. The van der Waals surface area contributed by atoms with Gasteiger partial charge in [-0.05, 0) is 23.1 Å². The molecule has 1 saturated heterocycles. The Bertz CT molecular complexity index is 1000. The topological polar surface area (TPSA) is 93.3 Å². The van der Waals surface area contributed by atoms with Crippen LogP contribution in [0.4, 0.5) is 0 Å². The van der Waals surface area contributed by atoms with E-state index in [1.807, 2.05) is 4.57 Å². The van der Waals surface area contributed by atoms with Crippen LogP contribution in [0.15, 0.2) is 41.8 Å². The molecule has 3 aromatic rings. The molecule has 2 aromatic heterocycles. The molecule has 7 nitrogen and oxygen atoms in total. The molecule has 8 heteroatoms. The Morgan fingerprint density at radius 2 is 1.93 bits per heavy atom. The van der Waals surface area contributed by atoms with Crippen LogP contribution in [0, 0.1) is 0 Å². The fourth-order valence-electron chi connectivity index (χ4n) is 3.66. The van der Waals surface area contributed by atoms with Gasteiger partial charge >= 0.3 is 0 Å². The minimum Gasteiger partial charge on any atom is -0.394 e. The lowest BCUT2D eigenvalue weighted by Gasteiger charge is -2.19. The second kappa shape index (κ2) is 8.63. The number of benzene rings is 1. The summed E-state index contributed by atoms with van der Waals surface area (Å²) in [7, 11) is 0. The number of hydrogen-bond acceptors (Lipinski definition) is 7. The fourth-order valence-corrected chi connectivity index (χ4v) is 4.52. The first kappa shape index (κ1) is 21.2. The van der Waals surface area contributed by atoms with Gasteiger partial charge in [-0.3, -0.25) is 4.57 Å². The highest BCUT2D eigenvalue weighted by atomic mass is 32.2. The van der Waals surface area contributed by atoms with Crippen molar-refractivity contribution in [3.8, 4) is 0 Å². The Morgan fingerprint density at radius 1 is 1.17 bits per heavy atom. The van der Waals surface area contributed by atoms with Crippen molar-refractivity contribution in [2.75, 3.05) is 12.4 Å². The molecule has 4 rings (SSSR count). The van der Waals surface area contributed by atoms with E-state index in [-0.39, 0.29) is 18.2 Å². The van der Waals surface area contributed by atoms with Crippen LogP contribution in [0.25, 0.3) is 11.2 Å². The van der Waals surface area contributed by atoms with Gasteiger partial charge in [-0.15, -0.1) is 11.8 Å². The maximum atomic E-state index is 10.0. The maximum Gasteiger partial charge on any atom is 0.165 e. The van der Waals surface area contributed by atoms with Crippen LogP contribution in [0.1, 0.15) is 44.7 Å². The third kappa shape index (κ3) is 4.37. The summed E-state index contributed by atoms with van der Waals surface area (Å²) >= 11 is 1.80. The van der Waals surface area contributed by atoms with E-state index in [1.165, 1.54) is 10.5 Å². The summed E-state index contributed by atoms with van der Waals surface area (Å²) < 4.78 is 7.56. The van der Waals surface area contributed by atoms with E-state index in [9.17, 15) is 10.2 Å². The van der Waals surface area contributed by atoms with Crippen molar-refractivity contribution in [3.05, 3.63) is 48.2 Å². The summed E-state index contributed by atoms with van der Waals surface area (Å²) in [5.41, 5.74) is 3.83. The molecule has 0 aliphatic carbocycles. The number of hydrogen-bond donors (Lipinski definition) is 2. The number of rotatable bonds is 6. The third-order valence-corrected chi connectivity index (χ3v) is 6.47. The van der Waals surface area contributed by atoms with Gasteiger partial charge in [-0.2, -0.15) is 0 Å². The highest BCUT2D eigenvalue weighted by Crippen LogP contribution is 2.31. The number of thioether (sulfide) groups is 1. The lowest BCUT2D eigenvalue weighted by Crippen LogP contribution is -2.24. The van der Waals surface area contributed by atoms with Crippen LogP contribution in [0.3, 0.4) is 0 Å². The van der Waals surface area contributed by atoms with Crippen molar-refractivity contribution in [2.45, 2.75) is 62.4 Å². The van der Waals surface area contributed by atoms with E-state index >= 15 is 0 Å². The second-order valence-corrected chi connectivity index (χ2v) is 9.80. The van der Waals surface area contributed by atoms with Crippen molar-refractivity contribution in [1.29, 1.82) is 0 Å². The van der Waals surface area contributed by atoms with Crippen LogP contribution in [0.5, 0.6) is 0 Å². The molecule has 30 heavy (non-hydrogen) atoms. The average molecular weight is 429 g/mol. The second-order valence-electron chi connectivity index (χ2n) is 8.63. The minimum atomic E-state index is -0.695. The monoisotopic (exact) mass is 428 g/mol. The lowest BCUT2D eigenvalue weighted by molar-refractivity contribution is -0.0432. The molecule has 1 aliphatic rings. The number of aliphatic hydroxyl groups excluding tert-OH is 2. The van der Waals surface area contributed by atoms with Crippen molar-refractivity contribution in [1.82, 2.24) is 19.5 Å². The molecule has 160 valence electrons. The van der Waals surface area contributed by atoms with Crippen LogP contribution in [-0.2, 0) is 16.6 Å². The molecular weight excluding hydrogens is 400 g/mol. The van der Waals surface area contributed by atoms with E-state index in [1.54, 1.807) is 24.4 Å². The van der Waals surface area contributed by atoms with E-state index < -0.39 is 12.2 Å². The van der Waals surface area contributed by atoms with Gasteiger partial charge in [-0.25, -0.2) is 15.0 Å². The number of fused-ring (bicyclic) bond motifs is 1. The van der Waals surface area contributed by atoms with Crippen molar-refractivity contribution in [2.24, 2.45) is 0 Å². The Balaban J connectivity index is 1.43. The highest BCUT2D eigenvalue weighted by molar-refractivity contribution is 7.99. The molecule has 1 aliphatic heterocycles. The van der Waals surface area contributed by atoms with Gasteiger partial charge < -0.3 is 14.9 Å². The van der Waals surface area contributed by atoms with E-state index in [0.29, 0.717) is 12.1 Å². The Morgan fingerprint density at radius 3 is 2.60 bits per heavy atom. The normalized spacial score (nSPS) is 22.1. The lowest BCUT2D eigenvalue weighted by atomic mass is 9.87. The smallest absolute Gasteiger partial charge is 0.165 e. The number of ether oxygens (including phenoxy) is 1. The Hall–Kier alpha value is -2.00. The first-order chi connectivity index (χ1) is 14.4. The van der Waals surface area contributed by atoms with Crippen molar-refractivity contribution in [3.63, 3.8) is 0 Å². The summed E-state index contributed by atoms with van der Waals surface area (Å²) in [6.07, 6.45) is 2.74. The zero-order chi connectivity index (χ0) is 21.3. The van der Waals surface area contributed by atoms with Crippen LogP contribution < -0.4 is 0 Å². The van der Waals surface area contributed by atoms with Gasteiger partial charge in [-0.1, -0.05) is 32.9 Å². The molecule has 0 saturated carbocycles. The van der Waals surface area contributed by atoms with Crippen LogP contribution in [-0.4, -0.2) is 54.3 Å². The number of aromatic nitrogens is 4. The third-order valence-electron chi connectivity index (χ3n) is 5.46. The Kier molecular flexibility index (Phi) is 6.11. The van der Waals surface area contributed by atoms with E-state index in [0.717, 1.165) is 23.4 Å². The number of aliphatic hydroxyl groups is 2. The predicted molar refractivity (Wildman–Crippen MR) is 117 cm³/mol. The SMILES string of the molecule is CC(C)(C)c1ccc(SCCc2ncnc3c2ncn3[C@H]2CC(O)[C@@H](CO)O2)cc1. The van der Waals surface area contributed by atoms with Gasteiger partial charge in [0.2, 0.25) is 0 Å². The molecule has 1 aromatic carbocycles. The van der Waals surface area contributed by atoms with E-state index in [4.69, 9.17) is 4.74 Å². The number of nitrogens with zero attached hydrogens (tertiary/aromatic N) is 4. The Labute approximate surface area is 180 Å². The van der Waals surface area contributed by atoms with Gasteiger partial charge in [0.1, 0.15) is 24.2 Å². The first-order valence-electron chi connectivity index (χ1n) is 10.2. The minimum absolute atomic E-state index is 0.158. The van der Waals surface area contributed by atoms with Gasteiger partial charge in [0, 0.05) is 23.5 Å². The molecule has 1 unspecified atom stereocenters. The maximum absolute atomic E-state index is 10.0. The quantitative estimate of drug-likeness (QED) is 0.583. The number of imidazole rings is 1. The molecule has 0 bridgehead atoms. The largest absolute Gasteiger partial charge is 0.394 e. The zero-order valence-corrected chi connectivity index (χ0v) is 18.3. The van der Waals surface area contributed by atoms with Gasteiger partial charge in [0.25, 0.3) is 0 Å². The molecule has 0 amide bonds. The summed E-state index contributed by atoms with van der Waals surface area (Å²) in [5, 5.41) is 19.3. The standard InChI is InChI=1S/C22H28N4O3S/c1-22(2,3)14-4-6-15(7-5-14)30-9-8-16-20-21(24-12-23-16)26(13-25-20)19-10-17(28)18(11-27)29-19/h4-7,12-13,17-19,27-28H,8-11H2,1-3H3/t17?,18-,19-/m1/s1. The highest BCUT2D eigenvalue weighted by Gasteiger charge is 2.35. The molecule has 3 atom stereocenters. The summed E-state index contributed by atoms with van der Waals surface area (Å²) in [6, 6.07) is 8.75. The van der Waals surface area contributed by atoms with Crippen molar-refractivity contribution < 1.29 is 14.9 Å². The van der Waals surface area contributed by atoms with Crippen LogP contribution in [0.2, 0.25) is 0 Å². The first-order valence-corrected chi connectivity index (χ1v) is 11.2. The molecule has 0 radical (unpaired) electrons. The van der Waals surface area contributed by atoms with Gasteiger partial charge in [0.05, 0.1) is 24.7 Å². The summed E-state index contributed by atoms with van der Waals surface area (Å²) in [6.45, 7) is 6.44. The predicted octanol–water partition coefficient (Wildman–Crippen LogP) is 3.10. The van der Waals surface area contributed by atoms with E-state index in [2.05, 4.69) is 60.0 Å². The van der Waals surface area contributed by atoms with Gasteiger partial charge in [0.15, 0.2) is 5.65 Å². The molecular formula is C22H28N4O3S. The molecule has 1 fully saturated rings. The average Bonchev–Trinajstić information content (AvgIpc) is 3.31. The zero-order valence-electron chi connectivity index (χ0n) is 17.5. The number of aryl methyl sites for hydroxylation is 1. The fraction of sp³-hybridized carbons (Fsp3) is 0.500. The van der Waals surface area contributed by atoms with Crippen LogP contribution >= 0.6 is 11.8 Å². The summed E-state index contributed by atoms with van der Waals surface area (Å²) in [4.78, 5) is 14.6. The molecule has 2 N–H and O–H groups in total. The molecule has 0 spiro atoms. The molecule has 3 heterocycles.